The number of hydrogen-bond donors (Lipinski definition) is 1. The largest absolute Gasteiger partial charge is 0.491 e. The lowest BCUT2D eigenvalue weighted by Crippen LogP contribution is -2.31. The van der Waals surface area contributed by atoms with Crippen LogP contribution in [0, 0.1) is 0 Å². The lowest BCUT2D eigenvalue weighted by atomic mass is 9.97. The number of nitrogens with zero attached hydrogens (tertiary/aromatic N) is 4. The minimum atomic E-state index is -0.967. The summed E-state index contributed by atoms with van der Waals surface area (Å²) in [6, 6.07) is 21.9. The Hall–Kier alpha value is -3.17. The standard InChI is InChI=1S/C26H19BrCl2N4O3/c27-18-5-11-22(12-6-18)36-15-21(34)14-32-26(35)33-25(31-32)24(17-3-9-20(29)10-4-17)23(13-30-33)16-1-7-19(28)8-2-16/h1-13,21,34H,14-15H2. The van der Waals surface area contributed by atoms with E-state index in [1.165, 1.54) is 9.20 Å². The summed E-state index contributed by atoms with van der Waals surface area (Å²) in [5.41, 5.74) is 3.05. The third-order valence-corrected chi connectivity index (χ3v) is 6.57. The summed E-state index contributed by atoms with van der Waals surface area (Å²) in [5, 5.41) is 20.7. The first-order chi connectivity index (χ1) is 17.4. The van der Waals surface area contributed by atoms with Gasteiger partial charge in [-0.3, -0.25) is 0 Å². The fourth-order valence-corrected chi connectivity index (χ4v) is 4.32. The molecule has 0 aliphatic rings. The van der Waals surface area contributed by atoms with Crippen LogP contribution in [0.3, 0.4) is 0 Å². The molecule has 0 aliphatic heterocycles. The van der Waals surface area contributed by atoms with Gasteiger partial charge < -0.3 is 9.84 Å². The quantitative estimate of drug-likeness (QED) is 0.264. The van der Waals surface area contributed by atoms with E-state index in [0.29, 0.717) is 27.0 Å². The Balaban J connectivity index is 1.52. The summed E-state index contributed by atoms with van der Waals surface area (Å²) in [4.78, 5) is 13.1. The first-order valence-electron chi connectivity index (χ1n) is 11.0. The van der Waals surface area contributed by atoms with Crippen LogP contribution in [0.15, 0.2) is 88.3 Å². The van der Waals surface area contributed by atoms with Crippen LogP contribution in [0.5, 0.6) is 5.75 Å². The zero-order chi connectivity index (χ0) is 25.2. The topological polar surface area (TPSA) is 81.7 Å². The van der Waals surface area contributed by atoms with Crippen molar-refractivity contribution in [2.45, 2.75) is 12.6 Å². The van der Waals surface area contributed by atoms with E-state index in [0.717, 1.165) is 21.2 Å². The molecule has 36 heavy (non-hydrogen) atoms. The first kappa shape index (κ1) is 24.5. The molecule has 2 heterocycles. The molecule has 1 unspecified atom stereocenters. The van der Waals surface area contributed by atoms with Crippen molar-refractivity contribution in [1.82, 2.24) is 19.4 Å². The van der Waals surface area contributed by atoms with Gasteiger partial charge in [0.1, 0.15) is 18.5 Å². The summed E-state index contributed by atoms with van der Waals surface area (Å²) in [6.07, 6.45) is 0.659. The van der Waals surface area contributed by atoms with E-state index in [-0.39, 0.29) is 13.2 Å². The van der Waals surface area contributed by atoms with Crippen LogP contribution >= 0.6 is 39.1 Å². The molecule has 7 nitrogen and oxygen atoms in total. The van der Waals surface area contributed by atoms with E-state index < -0.39 is 11.8 Å². The lowest BCUT2D eigenvalue weighted by Gasteiger charge is -2.12. The van der Waals surface area contributed by atoms with Crippen molar-refractivity contribution in [3.63, 3.8) is 0 Å². The molecule has 0 saturated carbocycles. The monoisotopic (exact) mass is 584 g/mol. The van der Waals surface area contributed by atoms with Gasteiger partial charge in [-0.1, -0.05) is 63.4 Å². The molecule has 0 saturated heterocycles. The molecule has 5 aromatic rings. The number of hydrogen-bond acceptors (Lipinski definition) is 5. The predicted octanol–water partition coefficient (Wildman–Crippen LogP) is 5.73. The molecule has 0 amide bonds. The average Bonchev–Trinajstić information content (AvgIpc) is 3.19. The molecule has 3 aromatic carbocycles. The molecule has 5 rings (SSSR count). The maximum Gasteiger partial charge on any atom is 0.367 e. The number of fused-ring (bicyclic) bond motifs is 1. The van der Waals surface area contributed by atoms with Crippen LogP contribution < -0.4 is 10.4 Å². The first-order valence-corrected chi connectivity index (χ1v) is 12.5. The van der Waals surface area contributed by atoms with Crippen LogP contribution in [-0.4, -0.2) is 37.2 Å². The van der Waals surface area contributed by atoms with E-state index in [2.05, 4.69) is 26.1 Å². The summed E-state index contributed by atoms with van der Waals surface area (Å²) in [5.74, 6) is 0.610. The van der Waals surface area contributed by atoms with Crippen LogP contribution in [0.1, 0.15) is 0 Å². The van der Waals surface area contributed by atoms with Gasteiger partial charge in [-0.25, -0.2) is 9.48 Å². The number of aromatic nitrogens is 4. The van der Waals surface area contributed by atoms with Gasteiger partial charge in [0.2, 0.25) is 0 Å². The summed E-state index contributed by atoms with van der Waals surface area (Å²) < 4.78 is 8.99. The van der Waals surface area contributed by atoms with Gasteiger partial charge in [0.05, 0.1) is 12.7 Å². The third-order valence-electron chi connectivity index (χ3n) is 5.54. The maximum atomic E-state index is 13.1. The normalized spacial score (nSPS) is 12.1. The molecule has 1 atom stereocenters. The zero-order valence-corrected chi connectivity index (χ0v) is 21.8. The Kier molecular flexibility index (Phi) is 7.11. The van der Waals surface area contributed by atoms with Gasteiger partial charge in [0.15, 0.2) is 5.65 Å². The van der Waals surface area contributed by atoms with E-state index >= 15 is 0 Å². The van der Waals surface area contributed by atoms with E-state index in [4.69, 9.17) is 27.9 Å². The molecule has 0 bridgehead atoms. The van der Waals surface area contributed by atoms with Crippen molar-refractivity contribution in [3.05, 3.63) is 104 Å². The van der Waals surface area contributed by atoms with Gasteiger partial charge in [-0.2, -0.15) is 9.61 Å². The summed E-state index contributed by atoms with van der Waals surface area (Å²) in [6.45, 7) is -0.0650. The molecular formula is C26H19BrCl2N4O3. The number of ether oxygens (including phenoxy) is 1. The Bertz CT molecular complexity index is 1570. The maximum absolute atomic E-state index is 13.1. The molecule has 0 aliphatic carbocycles. The van der Waals surface area contributed by atoms with Crippen molar-refractivity contribution < 1.29 is 9.84 Å². The Morgan fingerprint density at radius 2 is 1.53 bits per heavy atom. The highest BCUT2D eigenvalue weighted by Gasteiger charge is 2.20. The van der Waals surface area contributed by atoms with Gasteiger partial charge >= 0.3 is 5.69 Å². The molecule has 0 fully saturated rings. The highest BCUT2D eigenvalue weighted by molar-refractivity contribution is 9.10. The number of benzene rings is 3. The van der Waals surface area contributed by atoms with Crippen molar-refractivity contribution >= 4 is 44.8 Å². The Morgan fingerprint density at radius 1 is 0.917 bits per heavy atom. The lowest BCUT2D eigenvalue weighted by molar-refractivity contribution is 0.0883. The van der Waals surface area contributed by atoms with E-state index in [9.17, 15) is 9.90 Å². The van der Waals surface area contributed by atoms with E-state index in [1.54, 1.807) is 42.6 Å². The van der Waals surface area contributed by atoms with Crippen LogP contribution in [0.2, 0.25) is 10.0 Å². The van der Waals surface area contributed by atoms with E-state index in [1.807, 2.05) is 36.4 Å². The van der Waals surface area contributed by atoms with Crippen LogP contribution in [-0.2, 0) is 6.54 Å². The molecule has 0 spiro atoms. The fraction of sp³-hybridized carbons (Fsp3) is 0.115. The molecule has 1 N–H and O–H groups in total. The SMILES string of the molecule is O=c1n(CC(O)COc2ccc(Br)cc2)nc2c(-c3ccc(Cl)cc3)c(-c3ccc(Cl)cc3)cnn12. The van der Waals surface area contributed by atoms with Gasteiger partial charge in [-0.15, -0.1) is 5.10 Å². The second-order valence-electron chi connectivity index (χ2n) is 8.07. The van der Waals surface area contributed by atoms with Gasteiger partial charge in [-0.05, 0) is 59.7 Å². The summed E-state index contributed by atoms with van der Waals surface area (Å²) >= 11 is 15.6. The number of aliphatic hydroxyl groups is 1. The second kappa shape index (κ2) is 10.4. The van der Waals surface area contributed by atoms with Crippen molar-refractivity contribution in [2.75, 3.05) is 6.61 Å². The second-order valence-corrected chi connectivity index (χ2v) is 9.85. The third kappa shape index (κ3) is 5.17. The number of rotatable bonds is 7. The molecule has 2 aromatic heterocycles. The summed E-state index contributed by atoms with van der Waals surface area (Å²) in [7, 11) is 0. The highest BCUT2D eigenvalue weighted by Crippen LogP contribution is 2.35. The predicted molar refractivity (Wildman–Crippen MR) is 144 cm³/mol. The number of aliphatic hydroxyl groups excluding tert-OH is 1. The highest BCUT2D eigenvalue weighted by atomic mass is 79.9. The van der Waals surface area contributed by atoms with Crippen molar-refractivity contribution in [2.24, 2.45) is 0 Å². The van der Waals surface area contributed by atoms with Crippen molar-refractivity contribution in [3.8, 4) is 28.0 Å². The van der Waals surface area contributed by atoms with Gasteiger partial charge in [0, 0.05) is 25.6 Å². The number of halogens is 3. The molecule has 0 radical (unpaired) electrons. The fourth-order valence-electron chi connectivity index (χ4n) is 3.80. The Morgan fingerprint density at radius 3 is 2.17 bits per heavy atom. The average molecular weight is 586 g/mol. The Labute approximate surface area is 224 Å². The van der Waals surface area contributed by atoms with Gasteiger partial charge in [0.25, 0.3) is 0 Å². The molecule has 10 heteroatoms. The minimum Gasteiger partial charge on any atom is -0.491 e. The van der Waals surface area contributed by atoms with Crippen LogP contribution in [0.4, 0.5) is 0 Å². The molecule has 182 valence electrons. The minimum absolute atomic E-state index is 0.00452. The molecular weight excluding hydrogens is 567 g/mol. The smallest absolute Gasteiger partial charge is 0.367 e. The van der Waals surface area contributed by atoms with Crippen LogP contribution in [0.25, 0.3) is 27.9 Å². The zero-order valence-electron chi connectivity index (χ0n) is 18.7. The van der Waals surface area contributed by atoms with Crippen molar-refractivity contribution in [1.29, 1.82) is 0 Å².